The van der Waals surface area contributed by atoms with Crippen LogP contribution in [-0.2, 0) is 12.8 Å². The molecule has 0 atom stereocenters. The largest absolute Gasteiger partial charge is 0.488 e. The Morgan fingerprint density at radius 2 is 0.941 bits per heavy atom. The van der Waals surface area contributed by atoms with Gasteiger partial charge in [0.1, 0.15) is 22.7 Å². The Hall–Kier alpha value is -2.04. The van der Waals surface area contributed by atoms with Gasteiger partial charge in [0.15, 0.2) is 0 Å². The molecule has 0 heterocycles. The summed E-state index contributed by atoms with van der Waals surface area (Å²) in [6, 6.07) is 16.9. The quantitative estimate of drug-likeness (QED) is 0.385. The van der Waals surface area contributed by atoms with Crippen LogP contribution >= 0.6 is 0 Å². The lowest BCUT2D eigenvalue weighted by Crippen LogP contribution is -2.25. The van der Waals surface area contributed by atoms with Gasteiger partial charge in [-0.15, -0.1) is 0 Å². The summed E-state index contributed by atoms with van der Waals surface area (Å²) in [4.78, 5) is 4.64. The number of likely N-dealkylation sites (N-methyl/N-ethyl adjacent to an activating group) is 2. The molecule has 0 aromatic heterocycles. The zero-order valence-corrected chi connectivity index (χ0v) is 23.6. The normalized spacial score (nSPS) is 11.9. The molecule has 0 fully saturated rings. The minimum absolute atomic E-state index is 0.120. The average Bonchev–Trinajstić information content (AvgIpc) is 2.73. The maximum absolute atomic E-state index is 5.81. The summed E-state index contributed by atoms with van der Waals surface area (Å²) in [5, 5.41) is 0. The predicted octanol–water partition coefficient (Wildman–Crippen LogP) is 6.72. The van der Waals surface area contributed by atoms with Crippen molar-refractivity contribution in [2.75, 3.05) is 40.3 Å². The highest BCUT2D eigenvalue weighted by molar-refractivity contribution is 5.28. The maximum atomic E-state index is 5.81. The molecule has 2 rings (SSSR count). The summed E-state index contributed by atoms with van der Waals surface area (Å²) in [6.45, 7) is 21.3. The molecule has 34 heavy (non-hydrogen) atoms. The molecule has 0 saturated carbocycles. The van der Waals surface area contributed by atoms with Crippen molar-refractivity contribution in [3.05, 3.63) is 59.7 Å². The molecule has 0 aliphatic heterocycles. The monoisotopic (exact) mass is 470 g/mol. The Kier molecular flexibility index (Phi) is 12.7. The predicted molar refractivity (Wildman–Crippen MR) is 147 cm³/mol. The van der Waals surface area contributed by atoms with Crippen LogP contribution in [-0.4, -0.2) is 61.3 Å². The molecule has 0 saturated heterocycles. The molecular formula is C30H50N2O2. The van der Waals surface area contributed by atoms with Crippen LogP contribution in [0, 0.1) is 0 Å². The van der Waals surface area contributed by atoms with Gasteiger partial charge in [0, 0.05) is 13.1 Å². The molecule has 4 heteroatoms. The number of ether oxygens (including phenoxy) is 2. The van der Waals surface area contributed by atoms with E-state index in [4.69, 9.17) is 9.47 Å². The zero-order chi connectivity index (χ0) is 25.8. The second kappa shape index (κ2) is 14.4. The molecule has 192 valence electrons. The first-order valence-electron chi connectivity index (χ1n) is 12.7. The Balaban J connectivity index is 0.000000342. The van der Waals surface area contributed by atoms with Gasteiger partial charge in [-0.2, -0.15) is 0 Å². The van der Waals surface area contributed by atoms with Gasteiger partial charge in [-0.25, -0.2) is 0 Å². The van der Waals surface area contributed by atoms with Crippen LogP contribution in [0.5, 0.6) is 11.5 Å². The summed E-state index contributed by atoms with van der Waals surface area (Å²) in [5.41, 5.74) is 2.49. The number of rotatable bonds is 10. The Morgan fingerprint density at radius 1 is 0.588 bits per heavy atom. The van der Waals surface area contributed by atoms with Gasteiger partial charge in [-0.1, -0.05) is 38.1 Å². The van der Waals surface area contributed by atoms with E-state index >= 15 is 0 Å². The van der Waals surface area contributed by atoms with Crippen molar-refractivity contribution >= 4 is 0 Å². The Morgan fingerprint density at radius 3 is 1.24 bits per heavy atom. The molecule has 0 radical (unpaired) electrons. The minimum Gasteiger partial charge on any atom is -0.488 e. The highest BCUT2D eigenvalue weighted by atomic mass is 16.5. The molecule has 2 aromatic rings. The number of benzene rings is 2. The highest BCUT2D eigenvalue weighted by Gasteiger charge is 2.12. The third-order valence-corrected chi connectivity index (χ3v) is 5.15. The average molecular weight is 471 g/mol. The van der Waals surface area contributed by atoms with Gasteiger partial charge >= 0.3 is 0 Å². The van der Waals surface area contributed by atoms with Gasteiger partial charge in [-0.05, 0) is 117 Å². The van der Waals surface area contributed by atoms with E-state index in [0.717, 1.165) is 50.5 Å². The van der Waals surface area contributed by atoms with E-state index in [1.165, 1.54) is 11.1 Å². The fraction of sp³-hybridized carbons (Fsp3) is 0.600. The van der Waals surface area contributed by atoms with Gasteiger partial charge in [0.05, 0.1) is 0 Å². The second-order valence-corrected chi connectivity index (χ2v) is 11.0. The van der Waals surface area contributed by atoms with E-state index in [0.29, 0.717) is 0 Å². The van der Waals surface area contributed by atoms with Crippen molar-refractivity contribution in [3.63, 3.8) is 0 Å². The van der Waals surface area contributed by atoms with Gasteiger partial charge in [0.25, 0.3) is 0 Å². The standard InChI is InChI=1S/C16H27NO.C14H23NO/c1-6-17(7-2)13-12-14-8-10-15(11-9-14)18-16(3,4)5;1-14(2,3)16-13-8-6-12(7-9-13)10-11-15(4)5/h8-11H,6-7,12-13H2,1-5H3;6-9H,10-11H2,1-5H3. The molecule has 0 bridgehead atoms. The first-order valence-corrected chi connectivity index (χ1v) is 12.7. The molecule has 0 N–H and O–H groups in total. The van der Waals surface area contributed by atoms with Crippen LogP contribution in [0.2, 0.25) is 0 Å². The third kappa shape index (κ3) is 14.3. The van der Waals surface area contributed by atoms with E-state index in [2.05, 4.69) is 128 Å². The Labute approximate surface area is 210 Å². The number of hydrogen-bond donors (Lipinski definition) is 0. The maximum Gasteiger partial charge on any atom is 0.120 e. The first kappa shape index (κ1) is 30.0. The molecule has 4 nitrogen and oxygen atoms in total. The fourth-order valence-electron chi connectivity index (χ4n) is 3.34. The van der Waals surface area contributed by atoms with Crippen LogP contribution < -0.4 is 9.47 Å². The molecule has 2 aromatic carbocycles. The van der Waals surface area contributed by atoms with Crippen LogP contribution in [0.3, 0.4) is 0 Å². The van der Waals surface area contributed by atoms with Crippen molar-refractivity contribution in [1.29, 1.82) is 0 Å². The van der Waals surface area contributed by atoms with E-state index in [-0.39, 0.29) is 11.2 Å². The summed E-state index contributed by atoms with van der Waals surface area (Å²) in [6.07, 6.45) is 2.19. The van der Waals surface area contributed by atoms with Crippen molar-refractivity contribution in [1.82, 2.24) is 9.80 Å². The van der Waals surface area contributed by atoms with E-state index in [1.807, 2.05) is 0 Å². The van der Waals surface area contributed by atoms with Crippen LogP contribution in [0.25, 0.3) is 0 Å². The SMILES string of the molecule is CCN(CC)CCc1ccc(OC(C)(C)C)cc1.CN(C)CCc1ccc(OC(C)(C)C)cc1. The summed E-state index contributed by atoms with van der Waals surface area (Å²) in [5.74, 6) is 1.90. The lowest BCUT2D eigenvalue weighted by atomic mass is 10.1. The summed E-state index contributed by atoms with van der Waals surface area (Å²) >= 11 is 0. The summed E-state index contributed by atoms with van der Waals surface area (Å²) in [7, 11) is 4.19. The molecule has 0 unspecified atom stereocenters. The number of hydrogen-bond acceptors (Lipinski definition) is 4. The minimum atomic E-state index is -0.122. The first-order chi connectivity index (χ1) is 15.8. The number of nitrogens with zero attached hydrogens (tertiary/aromatic N) is 2. The van der Waals surface area contributed by atoms with Crippen LogP contribution in [0.15, 0.2) is 48.5 Å². The zero-order valence-electron chi connectivity index (χ0n) is 23.6. The van der Waals surface area contributed by atoms with E-state index < -0.39 is 0 Å². The van der Waals surface area contributed by atoms with Crippen molar-refractivity contribution < 1.29 is 9.47 Å². The lowest BCUT2D eigenvalue weighted by molar-refractivity contribution is 0.130. The molecule has 0 aliphatic carbocycles. The molecule has 0 spiro atoms. The summed E-state index contributed by atoms with van der Waals surface area (Å²) < 4.78 is 11.6. The van der Waals surface area contributed by atoms with Gasteiger partial charge in [0.2, 0.25) is 0 Å². The van der Waals surface area contributed by atoms with E-state index in [9.17, 15) is 0 Å². The van der Waals surface area contributed by atoms with Gasteiger partial charge in [-0.3, -0.25) is 0 Å². The Bertz CT molecular complexity index is 781. The highest BCUT2D eigenvalue weighted by Crippen LogP contribution is 2.19. The van der Waals surface area contributed by atoms with Crippen LogP contribution in [0.4, 0.5) is 0 Å². The topological polar surface area (TPSA) is 24.9 Å². The van der Waals surface area contributed by atoms with Crippen molar-refractivity contribution in [2.45, 2.75) is 79.4 Å². The van der Waals surface area contributed by atoms with Gasteiger partial charge < -0.3 is 19.3 Å². The van der Waals surface area contributed by atoms with Crippen LogP contribution in [0.1, 0.15) is 66.5 Å². The lowest BCUT2D eigenvalue weighted by Gasteiger charge is -2.21. The molecular weight excluding hydrogens is 420 g/mol. The van der Waals surface area contributed by atoms with Crippen molar-refractivity contribution in [2.24, 2.45) is 0 Å². The molecule has 0 amide bonds. The molecule has 0 aliphatic rings. The smallest absolute Gasteiger partial charge is 0.120 e. The van der Waals surface area contributed by atoms with E-state index in [1.54, 1.807) is 0 Å². The van der Waals surface area contributed by atoms with Crippen molar-refractivity contribution in [3.8, 4) is 11.5 Å². The third-order valence-electron chi connectivity index (χ3n) is 5.15. The fourth-order valence-corrected chi connectivity index (χ4v) is 3.34. The second-order valence-electron chi connectivity index (χ2n) is 11.0.